The SMILES string of the molecule is CC/C=C\C/C=C\C/C=C\C/C=C\C/C=C\CCCC(=O)OC(COC(=O)CCCCCCCCCCC)COP(=O)(O)OCC. The fraction of sp³-hybridized carbons (Fsp3) is 0.676. The quantitative estimate of drug-likeness (QED) is 0.0337. The maximum Gasteiger partial charge on any atom is 0.472 e. The minimum absolute atomic E-state index is 0.0121. The van der Waals surface area contributed by atoms with Crippen molar-refractivity contribution >= 4 is 19.8 Å². The first kappa shape index (κ1) is 43.8. The molecule has 1 N–H and O–H groups in total. The van der Waals surface area contributed by atoms with Crippen molar-refractivity contribution in [2.45, 2.75) is 142 Å². The lowest BCUT2D eigenvalue weighted by atomic mass is 10.1. The van der Waals surface area contributed by atoms with Gasteiger partial charge in [-0.1, -0.05) is 126 Å². The molecule has 9 heteroatoms. The molecule has 0 aromatic carbocycles. The lowest BCUT2D eigenvalue weighted by molar-refractivity contribution is -0.161. The Balaban J connectivity index is 4.31. The summed E-state index contributed by atoms with van der Waals surface area (Å²) in [5, 5.41) is 0. The summed E-state index contributed by atoms with van der Waals surface area (Å²) in [6.45, 7) is 5.23. The first-order chi connectivity index (χ1) is 22.3. The minimum Gasteiger partial charge on any atom is -0.462 e. The molecule has 0 aromatic heterocycles. The molecule has 0 fully saturated rings. The lowest BCUT2D eigenvalue weighted by Gasteiger charge is -2.19. The van der Waals surface area contributed by atoms with Crippen molar-refractivity contribution in [3.8, 4) is 0 Å². The Hall–Kier alpha value is -2.25. The molecule has 2 unspecified atom stereocenters. The molecule has 0 saturated carbocycles. The Bertz CT molecular complexity index is 938. The fourth-order valence-corrected chi connectivity index (χ4v) is 5.07. The predicted molar refractivity (Wildman–Crippen MR) is 188 cm³/mol. The number of hydrogen-bond acceptors (Lipinski definition) is 7. The summed E-state index contributed by atoms with van der Waals surface area (Å²) in [4.78, 5) is 34.4. The molecule has 0 aromatic rings. The molecule has 46 heavy (non-hydrogen) atoms. The third-order valence-electron chi connectivity index (χ3n) is 6.84. The summed E-state index contributed by atoms with van der Waals surface area (Å²) in [6, 6.07) is 0. The van der Waals surface area contributed by atoms with Crippen molar-refractivity contribution in [2.24, 2.45) is 0 Å². The fourth-order valence-electron chi connectivity index (χ4n) is 4.31. The first-order valence-corrected chi connectivity index (χ1v) is 19.1. The van der Waals surface area contributed by atoms with Gasteiger partial charge in [0.1, 0.15) is 6.61 Å². The Kier molecular flexibility index (Phi) is 31.1. The largest absolute Gasteiger partial charge is 0.472 e. The third-order valence-corrected chi connectivity index (χ3v) is 7.90. The standard InChI is InChI=1S/C37H63O8P/c1-4-7-9-11-13-15-16-17-18-19-20-21-22-24-26-28-30-32-37(39)45-35(34-44-46(40,41)43-6-3)33-42-36(38)31-29-27-25-23-14-12-10-8-5-2/h7,9,13,15,17-18,20-21,24,26,35H,4-6,8,10-12,14,16,19,22-23,25,27-34H2,1-3H3,(H,40,41)/b9-7-,15-13-,18-17-,21-20-,26-24-. The lowest BCUT2D eigenvalue weighted by Crippen LogP contribution is -2.29. The topological polar surface area (TPSA) is 108 Å². The zero-order valence-electron chi connectivity index (χ0n) is 29.0. The van der Waals surface area contributed by atoms with E-state index >= 15 is 0 Å². The van der Waals surface area contributed by atoms with E-state index in [2.05, 4.69) is 68.5 Å². The predicted octanol–water partition coefficient (Wildman–Crippen LogP) is 10.4. The average Bonchev–Trinajstić information content (AvgIpc) is 3.03. The van der Waals surface area contributed by atoms with Crippen molar-refractivity contribution in [1.29, 1.82) is 0 Å². The summed E-state index contributed by atoms with van der Waals surface area (Å²) in [5.74, 6) is -0.875. The molecule has 0 aliphatic heterocycles. The van der Waals surface area contributed by atoms with E-state index < -0.39 is 26.5 Å². The van der Waals surface area contributed by atoms with Gasteiger partial charge in [0, 0.05) is 12.8 Å². The van der Waals surface area contributed by atoms with Crippen LogP contribution in [0.4, 0.5) is 0 Å². The van der Waals surface area contributed by atoms with Gasteiger partial charge < -0.3 is 14.4 Å². The van der Waals surface area contributed by atoms with Crippen molar-refractivity contribution in [3.05, 3.63) is 60.8 Å². The summed E-state index contributed by atoms with van der Waals surface area (Å²) in [6.07, 6.45) is 37.2. The number of phosphoric acid groups is 1. The van der Waals surface area contributed by atoms with Crippen LogP contribution >= 0.6 is 7.82 Å². The summed E-state index contributed by atoms with van der Waals surface area (Å²) < 4.78 is 32.3. The van der Waals surface area contributed by atoms with Crippen LogP contribution in [0.25, 0.3) is 0 Å². The normalized spacial score (nSPS) is 14.3. The number of allylic oxidation sites excluding steroid dienone is 10. The molecule has 0 rings (SSSR count). The zero-order chi connectivity index (χ0) is 34.0. The molecule has 0 amide bonds. The average molecular weight is 667 g/mol. The third kappa shape index (κ3) is 31.7. The van der Waals surface area contributed by atoms with Gasteiger partial charge >= 0.3 is 19.8 Å². The van der Waals surface area contributed by atoms with Gasteiger partial charge in [0.25, 0.3) is 0 Å². The van der Waals surface area contributed by atoms with Crippen molar-refractivity contribution in [1.82, 2.24) is 0 Å². The second kappa shape index (κ2) is 32.7. The second-order valence-electron chi connectivity index (χ2n) is 11.2. The van der Waals surface area contributed by atoms with E-state index in [0.29, 0.717) is 12.8 Å². The first-order valence-electron chi connectivity index (χ1n) is 17.6. The molecule has 0 bridgehead atoms. The Morgan fingerprint density at radius 3 is 1.65 bits per heavy atom. The van der Waals surface area contributed by atoms with Crippen LogP contribution in [0.15, 0.2) is 60.8 Å². The van der Waals surface area contributed by atoms with Gasteiger partial charge in [0.05, 0.1) is 13.2 Å². The maximum atomic E-state index is 12.4. The highest BCUT2D eigenvalue weighted by molar-refractivity contribution is 7.47. The van der Waals surface area contributed by atoms with Gasteiger partial charge in [-0.3, -0.25) is 18.6 Å². The Labute approximate surface area is 280 Å². The van der Waals surface area contributed by atoms with E-state index in [-0.39, 0.29) is 32.0 Å². The number of esters is 2. The molecule has 0 spiro atoms. The minimum atomic E-state index is -4.29. The number of ether oxygens (including phenoxy) is 2. The van der Waals surface area contributed by atoms with Crippen LogP contribution in [-0.4, -0.2) is 42.8 Å². The molecule has 0 aliphatic rings. The van der Waals surface area contributed by atoms with Crippen molar-refractivity contribution in [2.75, 3.05) is 19.8 Å². The van der Waals surface area contributed by atoms with Gasteiger partial charge in [-0.15, -0.1) is 0 Å². The molecule has 0 heterocycles. The van der Waals surface area contributed by atoms with E-state index in [1.165, 1.54) is 38.5 Å². The highest BCUT2D eigenvalue weighted by atomic mass is 31.2. The Morgan fingerprint density at radius 2 is 1.11 bits per heavy atom. The highest BCUT2D eigenvalue weighted by Crippen LogP contribution is 2.43. The smallest absolute Gasteiger partial charge is 0.462 e. The zero-order valence-corrected chi connectivity index (χ0v) is 29.8. The molecular weight excluding hydrogens is 603 g/mol. The summed E-state index contributed by atoms with van der Waals surface area (Å²) in [7, 11) is -4.29. The van der Waals surface area contributed by atoms with Gasteiger partial charge in [-0.2, -0.15) is 0 Å². The molecule has 0 saturated heterocycles. The van der Waals surface area contributed by atoms with Crippen LogP contribution in [0.3, 0.4) is 0 Å². The molecule has 0 radical (unpaired) electrons. The maximum absolute atomic E-state index is 12.4. The van der Waals surface area contributed by atoms with Crippen LogP contribution in [0.2, 0.25) is 0 Å². The van der Waals surface area contributed by atoms with Crippen LogP contribution in [-0.2, 0) is 32.7 Å². The molecule has 2 atom stereocenters. The van der Waals surface area contributed by atoms with Crippen molar-refractivity contribution < 1.29 is 37.6 Å². The Morgan fingerprint density at radius 1 is 0.609 bits per heavy atom. The number of rotatable bonds is 31. The number of unbranched alkanes of at least 4 members (excludes halogenated alkanes) is 9. The second-order valence-corrected chi connectivity index (χ2v) is 12.6. The highest BCUT2D eigenvalue weighted by Gasteiger charge is 2.25. The van der Waals surface area contributed by atoms with Crippen LogP contribution < -0.4 is 0 Å². The van der Waals surface area contributed by atoms with Gasteiger partial charge in [0.15, 0.2) is 6.10 Å². The number of hydrogen-bond donors (Lipinski definition) is 1. The van der Waals surface area contributed by atoms with Crippen LogP contribution in [0.1, 0.15) is 136 Å². The van der Waals surface area contributed by atoms with E-state index in [9.17, 15) is 19.0 Å². The van der Waals surface area contributed by atoms with Crippen LogP contribution in [0.5, 0.6) is 0 Å². The van der Waals surface area contributed by atoms with E-state index in [1.807, 2.05) is 6.08 Å². The van der Waals surface area contributed by atoms with Gasteiger partial charge in [0.2, 0.25) is 0 Å². The van der Waals surface area contributed by atoms with Gasteiger partial charge in [-0.25, -0.2) is 4.57 Å². The van der Waals surface area contributed by atoms with Crippen LogP contribution in [0, 0.1) is 0 Å². The van der Waals surface area contributed by atoms with Crippen molar-refractivity contribution in [3.63, 3.8) is 0 Å². The summed E-state index contributed by atoms with van der Waals surface area (Å²) in [5.41, 5.74) is 0. The molecule has 264 valence electrons. The van der Waals surface area contributed by atoms with E-state index in [1.54, 1.807) is 6.92 Å². The molecule has 8 nitrogen and oxygen atoms in total. The monoisotopic (exact) mass is 666 g/mol. The number of phosphoric ester groups is 1. The molecule has 0 aliphatic carbocycles. The summed E-state index contributed by atoms with van der Waals surface area (Å²) >= 11 is 0. The van der Waals surface area contributed by atoms with Gasteiger partial charge in [-0.05, 0) is 58.3 Å². The molecular formula is C37H63O8P. The number of carbonyl (C=O) groups excluding carboxylic acids is 2. The number of carbonyl (C=O) groups is 2. The van der Waals surface area contributed by atoms with E-state index in [4.69, 9.17) is 18.5 Å². The van der Waals surface area contributed by atoms with E-state index in [0.717, 1.165) is 51.4 Å².